The van der Waals surface area contributed by atoms with Crippen LogP contribution in [-0.4, -0.2) is 22.2 Å². The molecule has 0 saturated heterocycles. The Labute approximate surface area is 195 Å². The van der Waals surface area contributed by atoms with Gasteiger partial charge in [-0.25, -0.2) is 0 Å². The molecule has 0 heterocycles. The molecule has 0 aliphatic heterocycles. The highest BCUT2D eigenvalue weighted by Crippen LogP contribution is 2.20. The second-order valence-electron chi connectivity index (χ2n) is 9.24. The summed E-state index contributed by atoms with van der Waals surface area (Å²) in [6.45, 7) is 2.26. The fraction of sp³-hybridized carbons (Fsp3) is 0.714. The van der Waals surface area contributed by atoms with Gasteiger partial charge in [0.1, 0.15) is 0 Å². The molecule has 4 heteroatoms. The zero-order valence-corrected chi connectivity index (χ0v) is 20.4. The van der Waals surface area contributed by atoms with Crippen molar-refractivity contribution in [3.63, 3.8) is 0 Å². The number of carbonyl (C=O) groups is 2. The van der Waals surface area contributed by atoms with Gasteiger partial charge in [-0.3, -0.25) is 9.59 Å². The topological polar surface area (TPSA) is 74.6 Å². The standard InChI is InChI=1S/C28H46O4/c1-2-3-4-5-6-7-8-9-10-11-16-24-21-22-25(17-12-14-19-27(29)30)26(23-24)18-13-15-20-28(31)32/h21-23H,2-20H2,1H3,(H,29,30)(H,31,32). The van der Waals surface area contributed by atoms with E-state index in [0.29, 0.717) is 12.8 Å². The van der Waals surface area contributed by atoms with Gasteiger partial charge in [-0.05, 0) is 68.1 Å². The molecule has 0 amide bonds. The number of hydrogen-bond acceptors (Lipinski definition) is 2. The van der Waals surface area contributed by atoms with Crippen molar-refractivity contribution >= 4 is 11.9 Å². The lowest BCUT2D eigenvalue weighted by molar-refractivity contribution is -0.138. The predicted octanol–water partition coefficient (Wildman–Crippen LogP) is 7.74. The number of unbranched alkanes of at least 4 members (excludes halogenated alkanes) is 11. The molecule has 0 saturated carbocycles. The first kappa shape index (κ1) is 28.2. The molecular weight excluding hydrogens is 400 g/mol. The van der Waals surface area contributed by atoms with E-state index in [4.69, 9.17) is 10.2 Å². The minimum absolute atomic E-state index is 0.227. The van der Waals surface area contributed by atoms with Crippen LogP contribution >= 0.6 is 0 Å². The number of benzene rings is 1. The van der Waals surface area contributed by atoms with Gasteiger partial charge in [0.25, 0.3) is 0 Å². The van der Waals surface area contributed by atoms with Gasteiger partial charge < -0.3 is 10.2 Å². The first-order valence-corrected chi connectivity index (χ1v) is 13.1. The summed E-state index contributed by atoms with van der Waals surface area (Å²) >= 11 is 0. The summed E-state index contributed by atoms with van der Waals surface area (Å²) in [6, 6.07) is 6.78. The van der Waals surface area contributed by atoms with E-state index in [2.05, 4.69) is 25.1 Å². The van der Waals surface area contributed by atoms with Gasteiger partial charge in [0.2, 0.25) is 0 Å². The second kappa shape index (κ2) is 18.7. The average Bonchev–Trinajstić information content (AvgIpc) is 2.76. The highest BCUT2D eigenvalue weighted by Gasteiger charge is 2.07. The van der Waals surface area contributed by atoms with Crippen LogP contribution in [0.1, 0.15) is 126 Å². The van der Waals surface area contributed by atoms with E-state index in [1.165, 1.54) is 80.9 Å². The van der Waals surface area contributed by atoms with Crippen LogP contribution in [0.4, 0.5) is 0 Å². The molecule has 0 aliphatic rings. The quantitative estimate of drug-likeness (QED) is 0.189. The van der Waals surface area contributed by atoms with E-state index in [1.807, 2.05) is 0 Å². The number of aliphatic carboxylic acids is 2. The molecule has 0 aliphatic carbocycles. The Morgan fingerprint density at radius 2 is 1.06 bits per heavy atom. The normalized spacial score (nSPS) is 11.0. The first-order chi connectivity index (χ1) is 15.5. The Balaban J connectivity index is 2.41. The molecule has 0 aromatic heterocycles. The maximum absolute atomic E-state index is 10.8. The Morgan fingerprint density at radius 1 is 0.594 bits per heavy atom. The van der Waals surface area contributed by atoms with Crippen LogP contribution in [0, 0.1) is 0 Å². The molecule has 1 aromatic rings. The fourth-order valence-corrected chi connectivity index (χ4v) is 4.31. The lowest BCUT2D eigenvalue weighted by Crippen LogP contribution is -2.00. The van der Waals surface area contributed by atoms with E-state index >= 15 is 0 Å². The molecule has 2 N–H and O–H groups in total. The number of aryl methyl sites for hydroxylation is 3. The molecular formula is C28H46O4. The molecule has 0 bridgehead atoms. The molecule has 4 nitrogen and oxygen atoms in total. The van der Waals surface area contributed by atoms with Crippen LogP contribution in [-0.2, 0) is 28.9 Å². The third-order valence-corrected chi connectivity index (χ3v) is 6.26. The van der Waals surface area contributed by atoms with Crippen molar-refractivity contribution in [1.82, 2.24) is 0 Å². The number of carboxylic acid groups (broad SMARTS) is 2. The third-order valence-electron chi connectivity index (χ3n) is 6.26. The zero-order valence-electron chi connectivity index (χ0n) is 20.4. The second-order valence-corrected chi connectivity index (χ2v) is 9.24. The summed E-state index contributed by atoms with van der Waals surface area (Å²) in [5.74, 6) is -1.46. The number of carboxylic acids is 2. The Hall–Kier alpha value is -1.84. The molecule has 1 rings (SSSR count). The van der Waals surface area contributed by atoms with Gasteiger partial charge in [0, 0.05) is 12.8 Å². The summed E-state index contributed by atoms with van der Waals surface area (Å²) < 4.78 is 0. The van der Waals surface area contributed by atoms with Gasteiger partial charge in [0.05, 0.1) is 0 Å². The van der Waals surface area contributed by atoms with Crippen molar-refractivity contribution in [3.05, 3.63) is 34.9 Å². The Morgan fingerprint density at radius 3 is 1.59 bits per heavy atom. The molecule has 0 spiro atoms. The Bertz CT molecular complexity index is 638. The summed E-state index contributed by atoms with van der Waals surface area (Å²) in [4.78, 5) is 21.5. The van der Waals surface area contributed by atoms with Crippen molar-refractivity contribution in [2.45, 2.75) is 129 Å². The van der Waals surface area contributed by atoms with E-state index in [0.717, 1.165) is 32.1 Å². The summed E-state index contributed by atoms with van der Waals surface area (Å²) in [7, 11) is 0. The first-order valence-electron chi connectivity index (χ1n) is 13.1. The lowest BCUT2D eigenvalue weighted by Gasteiger charge is -2.12. The highest BCUT2D eigenvalue weighted by atomic mass is 16.4. The molecule has 32 heavy (non-hydrogen) atoms. The fourth-order valence-electron chi connectivity index (χ4n) is 4.31. The van der Waals surface area contributed by atoms with Crippen LogP contribution in [0.25, 0.3) is 0 Å². The third kappa shape index (κ3) is 15.0. The largest absolute Gasteiger partial charge is 0.481 e. The van der Waals surface area contributed by atoms with E-state index in [1.54, 1.807) is 0 Å². The average molecular weight is 447 g/mol. The maximum atomic E-state index is 10.8. The van der Waals surface area contributed by atoms with Gasteiger partial charge >= 0.3 is 11.9 Å². The minimum atomic E-state index is -0.731. The van der Waals surface area contributed by atoms with Crippen LogP contribution in [0.3, 0.4) is 0 Å². The summed E-state index contributed by atoms with van der Waals surface area (Å²) in [5.41, 5.74) is 4.01. The molecule has 0 atom stereocenters. The van der Waals surface area contributed by atoms with Crippen LogP contribution < -0.4 is 0 Å². The maximum Gasteiger partial charge on any atom is 0.303 e. The molecule has 1 aromatic carbocycles. The minimum Gasteiger partial charge on any atom is -0.481 e. The highest BCUT2D eigenvalue weighted by molar-refractivity contribution is 5.66. The van der Waals surface area contributed by atoms with Crippen molar-refractivity contribution < 1.29 is 19.8 Å². The number of hydrogen-bond donors (Lipinski definition) is 2. The van der Waals surface area contributed by atoms with Gasteiger partial charge in [-0.1, -0.05) is 82.9 Å². The molecule has 182 valence electrons. The van der Waals surface area contributed by atoms with Gasteiger partial charge in [0.15, 0.2) is 0 Å². The zero-order chi connectivity index (χ0) is 23.4. The van der Waals surface area contributed by atoms with Crippen molar-refractivity contribution in [2.24, 2.45) is 0 Å². The van der Waals surface area contributed by atoms with Crippen molar-refractivity contribution in [2.75, 3.05) is 0 Å². The van der Waals surface area contributed by atoms with E-state index in [9.17, 15) is 9.59 Å². The molecule has 0 fully saturated rings. The van der Waals surface area contributed by atoms with Crippen LogP contribution in [0.5, 0.6) is 0 Å². The lowest BCUT2D eigenvalue weighted by atomic mass is 9.93. The Kier molecular flexibility index (Phi) is 16.5. The van der Waals surface area contributed by atoms with Crippen molar-refractivity contribution in [3.8, 4) is 0 Å². The van der Waals surface area contributed by atoms with Crippen LogP contribution in [0.15, 0.2) is 18.2 Å². The van der Waals surface area contributed by atoms with Crippen LogP contribution in [0.2, 0.25) is 0 Å². The summed E-state index contributed by atoms with van der Waals surface area (Å²) in [5, 5.41) is 17.7. The molecule has 0 unspecified atom stereocenters. The van der Waals surface area contributed by atoms with E-state index < -0.39 is 11.9 Å². The SMILES string of the molecule is CCCCCCCCCCCCc1ccc(CCCCC(=O)O)c(CCCCC(=O)O)c1. The monoisotopic (exact) mass is 446 g/mol. The molecule has 0 radical (unpaired) electrons. The van der Waals surface area contributed by atoms with Gasteiger partial charge in [-0.15, -0.1) is 0 Å². The predicted molar refractivity (Wildman–Crippen MR) is 132 cm³/mol. The van der Waals surface area contributed by atoms with Crippen molar-refractivity contribution in [1.29, 1.82) is 0 Å². The van der Waals surface area contributed by atoms with Gasteiger partial charge in [-0.2, -0.15) is 0 Å². The number of rotatable bonds is 21. The smallest absolute Gasteiger partial charge is 0.303 e. The van der Waals surface area contributed by atoms with E-state index in [-0.39, 0.29) is 12.8 Å². The summed E-state index contributed by atoms with van der Waals surface area (Å²) in [6.07, 6.45) is 20.0.